The van der Waals surface area contributed by atoms with Crippen LogP contribution in [-0.2, 0) is 12.7 Å². The highest BCUT2D eigenvalue weighted by Gasteiger charge is 2.36. The molecule has 0 spiro atoms. The summed E-state index contributed by atoms with van der Waals surface area (Å²) in [5, 5.41) is -0.486. The fourth-order valence-corrected chi connectivity index (χ4v) is 1.40. The van der Waals surface area contributed by atoms with Crippen LogP contribution in [0.15, 0.2) is 12.1 Å². The molecule has 78 valence electrons. The third kappa shape index (κ3) is 1.93. The van der Waals surface area contributed by atoms with Gasteiger partial charge in [-0.05, 0) is 11.6 Å². The molecule has 0 unspecified atom stereocenters. The maximum absolute atomic E-state index is 12.5. The zero-order valence-electron chi connectivity index (χ0n) is 7.03. The number of benzene rings is 1. The van der Waals surface area contributed by atoms with E-state index in [1.165, 1.54) is 12.1 Å². The van der Waals surface area contributed by atoms with E-state index in [1.807, 2.05) is 0 Å². The number of nitrogen functional groups attached to an aromatic ring is 1. The van der Waals surface area contributed by atoms with Crippen LogP contribution < -0.4 is 11.5 Å². The first kappa shape index (κ1) is 11.1. The lowest BCUT2D eigenvalue weighted by Crippen LogP contribution is -2.13. The Bertz CT molecular complexity index is 349. The minimum atomic E-state index is -4.53. The Morgan fingerprint density at radius 3 is 2.29 bits per heavy atom. The first-order valence-corrected chi connectivity index (χ1v) is 4.10. The number of hydrogen-bond acceptors (Lipinski definition) is 2. The zero-order valence-corrected chi connectivity index (χ0v) is 7.78. The third-order valence-electron chi connectivity index (χ3n) is 1.76. The molecule has 4 N–H and O–H groups in total. The maximum atomic E-state index is 12.5. The molecule has 0 aliphatic heterocycles. The average molecular weight is 225 g/mol. The third-order valence-corrected chi connectivity index (χ3v) is 2.17. The van der Waals surface area contributed by atoms with Gasteiger partial charge in [0.1, 0.15) is 0 Å². The lowest BCUT2D eigenvalue weighted by molar-refractivity contribution is -0.138. The van der Waals surface area contributed by atoms with Crippen molar-refractivity contribution in [3.63, 3.8) is 0 Å². The van der Waals surface area contributed by atoms with E-state index in [2.05, 4.69) is 0 Å². The molecule has 0 atom stereocenters. The molecule has 0 radical (unpaired) electrons. The van der Waals surface area contributed by atoms with E-state index >= 15 is 0 Å². The van der Waals surface area contributed by atoms with Crippen molar-refractivity contribution < 1.29 is 13.2 Å². The Kier molecular flexibility index (Phi) is 2.92. The van der Waals surface area contributed by atoms with E-state index < -0.39 is 16.8 Å². The molecule has 1 rings (SSSR count). The monoisotopic (exact) mass is 224 g/mol. The molecule has 0 bridgehead atoms. The van der Waals surface area contributed by atoms with Gasteiger partial charge in [0.05, 0.1) is 16.3 Å². The summed E-state index contributed by atoms with van der Waals surface area (Å²) in [6.07, 6.45) is -4.53. The van der Waals surface area contributed by atoms with Crippen molar-refractivity contribution in [3.05, 3.63) is 28.3 Å². The minimum Gasteiger partial charge on any atom is -0.398 e. The molecule has 0 amide bonds. The highest BCUT2D eigenvalue weighted by Crippen LogP contribution is 2.39. The molecule has 1 aromatic rings. The Hall–Kier alpha value is -0.940. The molecule has 6 heteroatoms. The molecular weight excluding hydrogens is 217 g/mol. The fourth-order valence-electron chi connectivity index (χ4n) is 1.11. The molecule has 0 aromatic heterocycles. The fraction of sp³-hybridized carbons (Fsp3) is 0.250. The van der Waals surface area contributed by atoms with Crippen LogP contribution in [0.4, 0.5) is 18.9 Å². The molecule has 2 nitrogen and oxygen atoms in total. The first-order valence-electron chi connectivity index (χ1n) is 3.72. The molecule has 0 fully saturated rings. The van der Waals surface area contributed by atoms with Crippen molar-refractivity contribution in [2.45, 2.75) is 12.7 Å². The van der Waals surface area contributed by atoms with Crippen molar-refractivity contribution >= 4 is 17.3 Å². The number of rotatable bonds is 1. The van der Waals surface area contributed by atoms with Gasteiger partial charge < -0.3 is 11.5 Å². The van der Waals surface area contributed by atoms with Gasteiger partial charge in [-0.15, -0.1) is 0 Å². The molecule has 14 heavy (non-hydrogen) atoms. The second-order valence-corrected chi connectivity index (χ2v) is 3.08. The summed E-state index contributed by atoms with van der Waals surface area (Å²) in [5.74, 6) is 0. The summed E-state index contributed by atoms with van der Waals surface area (Å²) < 4.78 is 37.4. The van der Waals surface area contributed by atoms with Gasteiger partial charge in [0.25, 0.3) is 0 Å². The predicted molar refractivity (Wildman–Crippen MR) is 48.8 cm³/mol. The van der Waals surface area contributed by atoms with Gasteiger partial charge in [0, 0.05) is 6.54 Å². The zero-order chi connectivity index (χ0) is 10.9. The lowest BCUT2D eigenvalue weighted by atomic mass is 10.1. The van der Waals surface area contributed by atoms with Crippen LogP contribution in [0, 0.1) is 0 Å². The van der Waals surface area contributed by atoms with Gasteiger partial charge in [-0.25, -0.2) is 0 Å². The summed E-state index contributed by atoms with van der Waals surface area (Å²) in [6.45, 7) is -0.227. The van der Waals surface area contributed by atoms with E-state index in [0.29, 0.717) is 0 Å². The van der Waals surface area contributed by atoms with Crippen LogP contribution in [0.5, 0.6) is 0 Å². The van der Waals surface area contributed by atoms with Gasteiger partial charge in [-0.3, -0.25) is 0 Å². The van der Waals surface area contributed by atoms with Crippen molar-refractivity contribution in [2.75, 3.05) is 5.73 Å². The number of nitrogens with two attached hydrogens (primary N) is 2. The number of anilines is 1. The molecule has 0 aliphatic rings. The largest absolute Gasteiger partial charge is 0.418 e. The number of alkyl halides is 3. The van der Waals surface area contributed by atoms with Crippen LogP contribution in [-0.4, -0.2) is 0 Å². The van der Waals surface area contributed by atoms with Crippen molar-refractivity contribution in [1.29, 1.82) is 0 Å². The Balaban J connectivity index is 3.44. The summed E-state index contributed by atoms with van der Waals surface area (Å²) in [4.78, 5) is 0. The van der Waals surface area contributed by atoms with E-state index in [9.17, 15) is 13.2 Å². The quantitative estimate of drug-likeness (QED) is 0.720. The van der Waals surface area contributed by atoms with Gasteiger partial charge in [-0.1, -0.05) is 17.7 Å². The molecule has 0 saturated heterocycles. The SMILES string of the molecule is NCc1ccc(N)c(Cl)c1C(F)(F)F. The Morgan fingerprint density at radius 2 is 1.86 bits per heavy atom. The molecule has 0 heterocycles. The van der Waals surface area contributed by atoms with Crippen LogP contribution in [0.25, 0.3) is 0 Å². The topological polar surface area (TPSA) is 52.0 Å². The predicted octanol–water partition coefficient (Wildman–Crippen LogP) is 2.40. The van der Waals surface area contributed by atoms with Gasteiger partial charge in [-0.2, -0.15) is 13.2 Å². The molecular formula is C8H8ClF3N2. The highest BCUT2D eigenvalue weighted by atomic mass is 35.5. The number of halogens is 4. The minimum absolute atomic E-state index is 0.0586. The summed E-state index contributed by atoms with van der Waals surface area (Å²) >= 11 is 5.46. The average Bonchev–Trinajstić information content (AvgIpc) is 2.07. The summed E-state index contributed by atoms with van der Waals surface area (Å²) in [6, 6.07) is 2.53. The second-order valence-electron chi connectivity index (χ2n) is 2.70. The van der Waals surface area contributed by atoms with Gasteiger partial charge >= 0.3 is 6.18 Å². The summed E-state index contributed by atoms with van der Waals surface area (Å²) in [5.41, 5.74) is 9.33. The van der Waals surface area contributed by atoms with Gasteiger partial charge in [0.2, 0.25) is 0 Å². The maximum Gasteiger partial charge on any atom is 0.418 e. The van der Waals surface area contributed by atoms with Gasteiger partial charge in [0.15, 0.2) is 0 Å². The second kappa shape index (κ2) is 3.67. The van der Waals surface area contributed by atoms with E-state index in [1.54, 1.807) is 0 Å². The van der Waals surface area contributed by atoms with Crippen LogP contribution >= 0.6 is 11.6 Å². The van der Waals surface area contributed by atoms with E-state index in [0.717, 1.165) is 0 Å². The lowest BCUT2D eigenvalue weighted by Gasteiger charge is -2.14. The van der Waals surface area contributed by atoms with Crippen molar-refractivity contribution in [1.82, 2.24) is 0 Å². The van der Waals surface area contributed by atoms with Crippen LogP contribution in [0.1, 0.15) is 11.1 Å². The van der Waals surface area contributed by atoms with E-state index in [-0.39, 0.29) is 17.8 Å². The Morgan fingerprint density at radius 1 is 1.29 bits per heavy atom. The van der Waals surface area contributed by atoms with Crippen molar-refractivity contribution in [2.24, 2.45) is 5.73 Å². The molecule has 0 saturated carbocycles. The first-order chi connectivity index (χ1) is 6.38. The van der Waals surface area contributed by atoms with Crippen LogP contribution in [0.3, 0.4) is 0 Å². The van der Waals surface area contributed by atoms with E-state index in [4.69, 9.17) is 23.1 Å². The van der Waals surface area contributed by atoms with Crippen LogP contribution in [0.2, 0.25) is 5.02 Å². The number of hydrogen-bond donors (Lipinski definition) is 2. The standard InChI is InChI=1S/C8H8ClF3N2/c9-7-5(14)2-1-4(3-13)6(7)8(10,11)12/h1-2H,3,13-14H2. The summed E-state index contributed by atoms with van der Waals surface area (Å²) in [7, 11) is 0. The normalized spacial score (nSPS) is 11.8. The highest BCUT2D eigenvalue weighted by molar-refractivity contribution is 6.34. The smallest absolute Gasteiger partial charge is 0.398 e. The molecule has 0 aliphatic carbocycles. The molecule has 1 aromatic carbocycles. The van der Waals surface area contributed by atoms with Crippen molar-refractivity contribution in [3.8, 4) is 0 Å². The Labute approximate surface area is 83.6 Å².